The molecule has 228 valence electrons. The van der Waals surface area contributed by atoms with Gasteiger partial charge in [0, 0.05) is 24.3 Å². The van der Waals surface area contributed by atoms with E-state index in [0.717, 1.165) is 23.2 Å². The standard InChI is InChI=1S/C20H23F2N7O9P2S2/c21-12-8-5-39(32,41)34-3-10-13(22)15(19(37-10)29-7-26-14-16(23)24-6-25-17(14)29)38-40(33,42)35-4-9(12)36-18(8)28-2-1-11(30)27-20(28)31/h1-2,6-10,12-13,15,18-19H,3-5H2,(H,32,41)(H,33,42)(H2,23,24,25)(H,27,30,31)/t8-,9-,10-,12+,13-,15-,18-,19-,39?,40?/m1/s1. The van der Waals surface area contributed by atoms with Crippen molar-refractivity contribution in [2.24, 2.45) is 5.92 Å². The van der Waals surface area contributed by atoms with Gasteiger partial charge in [-0.2, -0.15) is 0 Å². The van der Waals surface area contributed by atoms with E-state index in [2.05, 4.69) is 27.2 Å². The first-order valence-electron chi connectivity index (χ1n) is 12.3. The second-order valence-corrected chi connectivity index (χ2v) is 16.2. The maximum Gasteiger partial charge on any atom is 0.386 e. The molecule has 10 atom stereocenters. The molecular weight excluding hydrogens is 646 g/mol. The van der Waals surface area contributed by atoms with Gasteiger partial charge in [-0.25, -0.2) is 33.1 Å². The smallest absolute Gasteiger partial charge is 0.382 e. The average molecular weight is 670 g/mol. The largest absolute Gasteiger partial charge is 0.386 e. The first-order valence-corrected chi connectivity index (χ1v) is 17.8. The number of halogens is 2. The fraction of sp³-hybridized carbons (Fsp3) is 0.550. The summed E-state index contributed by atoms with van der Waals surface area (Å²) in [5.41, 5.74) is 4.60. The van der Waals surface area contributed by atoms with Crippen molar-refractivity contribution in [1.82, 2.24) is 29.1 Å². The number of aromatic amines is 1. The Kier molecular flexibility index (Phi) is 7.91. The molecule has 3 aliphatic heterocycles. The van der Waals surface area contributed by atoms with Crippen molar-refractivity contribution in [3.8, 4) is 0 Å². The lowest BCUT2D eigenvalue weighted by Gasteiger charge is -2.26. The molecule has 0 aliphatic carbocycles. The zero-order valence-electron chi connectivity index (χ0n) is 21.1. The summed E-state index contributed by atoms with van der Waals surface area (Å²) in [4.78, 5) is 49.1. The van der Waals surface area contributed by atoms with Crippen molar-refractivity contribution in [2.75, 3.05) is 25.1 Å². The van der Waals surface area contributed by atoms with Crippen LogP contribution in [0.25, 0.3) is 11.2 Å². The van der Waals surface area contributed by atoms with E-state index >= 15 is 8.78 Å². The van der Waals surface area contributed by atoms with Gasteiger partial charge in [0.1, 0.15) is 42.6 Å². The van der Waals surface area contributed by atoms with Crippen LogP contribution in [0.3, 0.4) is 0 Å². The summed E-state index contributed by atoms with van der Waals surface area (Å²) in [6, 6.07) is 1.03. The number of nitrogens with one attached hydrogen (secondary N) is 1. The number of H-pyrrole nitrogens is 1. The third kappa shape index (κ3) is 5.60. The number of hydrogen-bond donors (Lipinski definition) is 4. The molecule has 42 heavy (non-hydrogen) atoms. The number of fused-ring (bicyclic) bond motifs is 5. The molecule has 3 aromatic rings. The van der Waals surface area contributed by atoms with Crippen molar-refractivity contribution >= 4 is 54.3 Å². The van der Waals surface area contributed by atoms with E-state index in [-0.39, 0.29) is 17.0 Å². The third-order valence-electron chi connectivity index (χ3n) is 7.03. The van der Waals surface area contributed by atoms with Gasteiger partial charge in [-0.05, 0) is 11.8 Å². The van der Waals surface area contributed by atoms with Crippen molar-refractivity contribution in [2.45, 2.75) is 43.1 Å². The quantitative estimate of drug-likeness (QED) is 0.220. The minimum atomic E-state index is -4.43. The maximum absolute atomic E-state index is 15.8. The zero-order chi connectivity index (χ0) is 30.0. The topological polar surface area (TPSA) is 208 Å². The van der Waals surface area contributed by atoms with Crippen LogP contribution in [-0.4, -0.2) is 84.0 Å². The minimum absolute atomic E-state index is 0.0479. The van der Waals surface area contributed by atoms with E-state index in [1.165, 1.54) is 10.9 Å². The van der Waals surface area contributed by atoms with Gasteiger partial charge in [-0.15, -0.1) is 0 Å². The lowest BCUT2D eigenvalue weighted by molar-refractivity contribution is -0.0503. The number of nitrogen functional groups attached to an aromatic ring is 1. The van der Waals surface area contributed by atoms with Crippen LogP contribution in [0.5, 0.6) is 0 Å². The van der Waals surface area contributed by atoms with E-state index < -0.39 is 92.9 Å². The van der Waals surface area contributed by atoms with Crippen LogP contribution in [-0.2, 0) is 39.4 Å². The van der Waals surface area contributed by atoms with E-state index in [1.807, 2.05) is 4.98 Å². The predicted molar refractivity (Wildman–Crippen MR) is 147 cm³/mol. The number of anilines is 1. The fourth-order valence-electron chi connectivity index (χ4n) is 5.09. The summed E-state index contributed by atoms with van der Waals surface area (Å²) in [7, 11) is 0. The molecular formula is C20H23F2N7O9P2S2. The molecule has 4 N–H and O–H groups in total. The summed E-state index contributed by atoms with van der Waals surface area (Å²) < 4.78 is 75.0. The van der Waals surface area contributed by atoms with Gasteiger partial charge in [0.05, 0.1) is 19.5 Å². The second kappa shape index (κ2) is 11.1. The number of ether oxygens (including phenoxy) is 2. The monoisotopic (exact) mass is 669 g/mol. The van der Waals surface area contributed by atoms with Gasteiger partial charge in [-0.1, -0.05) is 12.2 Å². The molecule has 6 rings (SSSR count). The van der Waals surface area contributed by atoms with E-state index in [9.17, 15) is 19.0 Å². The summed E-state index contributed by atoms with van der Waals surface area (Å²) >= 11 is 9.23. The highest BCUT2D eigenvalue weighted by molar-refractivity contribution is 8.44. The van der Waals surface area contributed by atoms with E-state index in [0.29, 0.717) is 0 Å². The number of thiol groups is 1. The Bertz CT molecular complexity index is 1730. The van der Waals surface area contributed by atoms with Crippen LogP contribution in [0.15, 0.2) is 34.5 Å². The zero-order valence-corrected chi connectivity index (χ0v) is 24.6. The van der Waals surface area contributed by atoms with Gasteiger partial charge >= 0.3 is 12.5 Å². The maximum atomic E-state index is 15.8. The highest BCUT2D eigenvalue weighted by Crippen LogP contribution is 2.58. The van der Waals surface area contributed by atoms with Crippen molar-refractivity contribution in [1.29, 1.82) is 0 Å². The average Bonchev–Trinajstić information content (AvgIpc) is 3.57. The first kappa shape index (κ1) is 29.9. The Labute approximate surface area is 244 Å². The lowest BCUT2D eigenvalue weighted by atomic mass is 10.0. The summed E-state index contributed by atoms with van der Waals surface area (Å²) in [6.45, 7) is -9.61. The third-order valence-corrected chi connectivity index (χ3v) is 10.8. The van der Waals surface area contributed by atoms with E-state index in [1.54, 1.807) is 0 Å². The number of nitrogens with two attached hydrogens (primary N) is 1. The van der Waals surface area contributed by atoms with Crippen molar-refractivity contribution in [3.63, 3.8) is 0 Å². The highest BCUT2D eigenvalue weighted by atomic mass is 32.7. The molecule has 22 heteroatoms. The molecule has 0 aromatic carbocycles. The normalized spacial score (nSPS) is 39.3. The van der Waals surface area contributed by atoms with Crippen molar-refractivity contribution in [3.05, 3.63) is 45.8 Å². The van der Waals surface area contributed by atoms with E-state index in [4.69, 9.17) is 40.6 Å². The second-order valence-electron chi connectivity index (χ2n) is 9.73. The molecule has 3 aromatic heterocycles. The molecule has 0 amide bonds. The molecule has 6 heterocycles. The van der Waals surface area contributed by atoms with Crippen LogP contribution in [0, 0.1) is 5.92 Å². The van der Waals surface area contributed by atoms with Crippen molar-refractivity contribution < 1.29 is 41.3 Å². The summed E-state index contributed by atoms with van der Waals surface area (Å²) in [5, 5.41) is 0. The molecule has 0 saturated carbocycles. The van der Waals surface area contributed by atoms with Crippen LogP contribution in [0.4, 0.5) is 14.6 Å². The van der Waals surface area contributed by atoms with Gasteiger partial charge < -0.3 is 24.6 Å². The summed E-state index contributed by atoms with van der Waals surface area (Å²) in [5.74, 6) is -1.23. The van der Waals surface area contributed by atoms with Gasteiger partial charge in [0.25, 0.3) is 5.56 Å². The number of imidazole rings is 1. The Morgan fingerprint density at radius 1 is 1.10 bits per heavy atom. The van der Waals surface area contributed by atoms with Crippen LogP contribution in [0.1, 0.15) is 12.5 Å². The SMILES string of the molecule is Nc1ncnc2c1ncn2[C@@H]1O[C@@H]2COP(O)(=S)C[C@@H]3[C@H](F)[C@@H](COP(=O)(S)O[C@@H]1[C@@H]2F)O[C@H]3n1ccc(=O)[nH]c1=O. The molecule has 0 radical (unpaired) electrons. The number of aromatic nitrogens is 6. The molecule has 0 spiro atoms. The molecule has 3 aliphatic rings. The Hall–Kier alpha value is -2.12. The summed E-state index contributed by atoms with van der Waals surface area (Å²) in [6.07, 6.45) is -8.15. The molecule has 3 saturated heterocycles. The number of hydrogen-bond acceptors (Lipinski definition) is 13. The van der Waals surface area contributed by atoms with Gasteiger partial charge in [-0.3, -0.25) is 28.0 Å². The lowest BCUT2D eigenvalue weighted by Crippen LogP contribution is -2.35. The Morgan fingerprint density at radius 3 is 2.57 bits per heavy atom. The number of nitrogens with zero attached hydrogens (tertiary/aromatic N) is 5. The Morgan fingerprint density at radius 2 is 1.81 bits per heavy atom. The Balaban J connectivity index is 1.34. The predicted octanol–water partition coefficient (Wildman–Crippen LogP) is 0.818. The molecule has 3 fully saturated rings. The highest BCUT2D eigenvalue weighted by Gasteiger charge is 2.53. The van der Waals surface area contributed by atoms with Crippen LogP contribution in [0.2, 0.25) is 0 Å². The van der Waals surface area contributed by atoms with Crippen LogP contribution >= 0.6 is 25.5 Å². The fourth-order valence-corrected chi connectivity index (χ4v) is 8.64. The van der Waals surface area contributed by atoms with Gasteiger partial charge in [0.2, 0.25) is 0 Å². The number of rotatable bonds is 2. The molecule has 2 unspecified atom stereocenters. The molecule has 4 bridgehead atoms. The van der Waals surface area contributed by atoms with Crippen LogP contribution < -0.4 is 17.0 Å². The van der Waals surface area contributed by atoms with Gasteiger partial charge in [0.15, 0.2) is 30.4 Å². The minimum Gasteiger partial charge on any atom is -0.382 e. The first-order chi connectivity index (χ1) is 19.8. The molecule has 16 nitrogen and oxygen atoms in total. The number of alkyl halides is 2.